The summed E-state index contributed by atoms with van der Waals surface area (Å²) in [6.07, 6.45) is 2.18. The molecule has 1 fully saturated rings. The molecule has 4 unspecified atom stereocenters. The van der Waals surface area contributed by atoms with E-state index in [0.29, 0.717) is 11.1 Å². The SMILES string of the molecule is O=C(c1ccccc1)C1C(c2ccccc2)C(C(=O)c2ccccc2)N2c3ccccc3C=C(c3ccc4ccccc4n3)C12. The van der Waals surface area contributed by atoms with E-state index >= 15 is 0 Å². The van der Waals surface area contributed by atoms with Crippen molar-refractivity contribution in [1.29, 1.82) is 0 Å². The third kappa shape index (κ3) is 4.58. The number of nitrogens with zero attached hydrogens (tertiary/aromatic N) is 2. The molecular formula is C41H30N2O2. The average molecular weight is 583 g/mol. The van der Waals surface area contributed by atoms with Gasteiger partial charge in [-0.2, -0.15) is 0 Å². The van der Waals surface area contributed by atoms with E-state index in [1.54, 1.807) is 0 Å². The number of hydrogen-bond acceptors (Lipinski definition) is 4. The lowest BCUT2D eigenvalue weighted by molar-refractivity contribution is 0.0897. The molecule has 45 heavy (non-hydrogen) atoms. The standard InChI is InChI=1S/C41H30N2O2/c44-40(29-17-6-2-7-18-29)37-36(28-15-4-1-5-16-28)39(41(45)30-19-8-3-9-20-30)43-35-23-13-11-21-31(35)26-32(38(37)43)34-25-24-27-14-10-12-22-33(27)42-34/h1-26,36-39H. The molecule has 6 aromatic rings. The number of anilines is 1. The molecule has 1 saturated heterocycles. The van der Waals surface area contributed by atoms with Crippen LogP contribution in [-0.2, 0) is 0 Å². The fraction of sp³-hybridized carbons (Fsp3) is 0.0976. The van der Waals surface area contributed by atoms with E-state index in [0.717, 1.165) is 39.0 Å². The molecule has 1 aromatic heterocycles. The molecule has 4 heteroatoms. The maximum Gasteiger partial charge on any atom is 0.185 e. The topological polar surface area (TPSA) is 50.3 Å². The normalized spacial score (nSPS) is 20.3. The van der Waals surface area contributed by atoms with Gasteiger partial charge >= 0.3 is 0 Å². The van der Waals surface area contributed by atoms with Gasteiger partial charge in [-0.1, -0.05) is 133 Å². The first-order valence-electron chi connectivity index (χ1n) is 15.4. The molecule has 0 radical (unpaired) electrons. The Labute approximate surface area is 262 Å². The van der Waals surface area contributed by atoms with Crippen LogP contribution in [0.15, 0.2) is 152 Å². The fourth-order valence-electron chi connectivity index (χ4n) is 7.33. The molecule has 0 spiro atoms. The van der Waals surface area contributed by atoms with Crippen molar-refractivity contribution in [2.24, 2.45) is 5.92 Å². The van der Waals surface area contributed by atoms with E-state index in [1.165, 1.54) is 0 Å². The van der Waals surface area contributed by atoms with Crippen molar-refractivity contribution in [2.45, 2.75) is 18.0 Å². The Kier molecular flexibility index (Phi) is 6.68. The second-order valence-electron chi connectivity index (χ2n) is 11.8. The van der Waals surface area contributed by atoms with Crippen LogP contribution in [0.5, 0.6) is 0 Å². The van der Waals surface area contributed by atoms with Gasteiger partial charge in [0.1, 0.15) is 6.04 Å². The van der Waals surface area contributed by atoms with Crippen LogP contribution in [0.2, 0.25) is 0 Å². The van der Waals surface area contributed by atoms with Crippen molar-refractivity contribution in [3.8, 4) is 0 Å². The summed E-state index contributed by atoms with van der Waals surface area (Å²) < 4.78 is 0. The molecule has 5 aromatic carbocycles. The fourth-order valence-corrected chi connectivity index (χ4v) is 7.33. The molecule has 4 atom stereocenters. The lowest BCUT2D eigenvalue weighted by Crippen LogP contribution is -2.45. The Morgan fingerprint density at radius 2 is 1.18 bits per heavy atom. The van der Waals surface area contributed by atoms with Crippen LogP contribution in [0, 0.1) is 5.92 Å². The number of para-hydroxylation sites is 2. The van der Waals surface area contributed by atoms with Gasteiger partial charge in [0.15, 0.2) is 11.6 Å². The molecule has 216 valence electrons. The highest BCUT2D eigenvalue weighted by atomic mass is 16.1. The van der Waals surface area contributed by atoms with Gasteiger partial charge in [0.2, 0.25) is 0 Å². The molecular weight excluding hydrogens is 552 g/mol. The summed E-state index contributed by atoms with van der Waals surface area (Å²) in [5.74, 6) is -0.943. The van der Waals surface area contributed by atoms with Crippen molar-refractivity contribution < 1.29 is 9.59 Å². The summed E-state index contributed by atoms with van der Waals surface area (Å²) in [6.45, 7) is 0. The first kappa shape index (κ1) is 27.0. The number of ketones is 2. The Morgan fingerprint density at radius 1 is 0.578 bits per heavy atom. The zero-order chi connectivity index (χ0) is 30.3. The summed E-state index contributed by atoms with van der Waals surface area (Å²) in [5.41, 5.74) is 6.84. The second-order valence-corrected chi connectivity index (χ2v) is 11.8. The van der Waals surface area contributed by atoms with Gasteiger partial charge in [-0.3, -0.25) is 9.59 Å². The van der Waals surface area contributed by atoms with Crippen molar-refractivity contribution in [3.63, 3.8) is 0 Å². The number of hydrogen-bond donors (Lipinski definition) is 0. The summed E-state index contributed by atoms with van der Waals surface area (Å²) in [4.78, 5) is 37.1. The van der Waals surface area contributed by atoms with E-state index in [4.69, 9.17) is 4.98 Å². The van der Waals surface area contributed by atoms with E-state index in [9.17, 15) is 9.59 Å². The average Bonchev–Trinajstić information content (AvgIpc) is 3.48. The highest BCUT2D eigenvalue weighted by Gasteiger charge is 2.57. The van der Waals surface area contributed by atoms with Crippen molar-refractivity contribution in [1.82, 2.24) is 4.98 Å². The molecule has 3 heterocycles. The van der Waals surface area contributed by atoms with Crippen molar-refractivity contribution in [2.75, 3.05) is 4.90 Å². The second kappa shape index (κ2) is 11.1. The molecule has 2 aliphatic rings. The van der Waals surface area contributed by atoms with Crippen molar-refractivity contribution in [3.05, 3.63) is 180 Å². The zero-order valence-electron chi connectivity index (χ0n) is 24.5. The predicted molar refractivity (Wildman–Crippen MR) is 180 cm³/mol. The number of carbonyl (C=O) groups excluding carboxylic acids is 2. The van der Waals surface area contributed by atoms with E-state index in [2.05, 4.69) is 47.4 Å². The molecule has 0 bridgehead atoms. The molecule has 2 aliphatic heterocycles. The largest absolute Gasteiger partial charge is 0.352 e. The van der Waals surface area contributed by atoms with E-state index in [-0.39, 0.29) is 11.6 Å². The summed E-state index contributed by atoms with van der Waals surface area (Å²) in [6, 6.07) is 48.4. The Bertz CT molecular complexity index is 2070. The first-order valence-corrected chi connectivity index (χ1v) is 15.4. The molecule has 0 aliphatic carbocycles. The number of benzene rings is 5. The van der Waals surface area contributed by atoms with Gasteiger partial charge in [-0.25, -0.2) is 4.98 Å². The van der Waals surface area contributed by atoms with E-state index < -0.39 is 23.9 Å². The molecule has 0 amide bonds. The maximum absolute atomic E-state index is 14.9. The molecule has 4 nitrogen and oxygen atoms in total. The number of Topliss-reactive ketones (excluding diaryl/α,β-unsaturated/α-hetero) is 2. The van der Waals surface area contributed by atoms with Crippen LogP contribution < -0.4 is 4.90 Å². The maximum atomic E-state index is 14.9. The van der Waals surface area contributed by atoms with E-state index in [1.807, 2.05) is 115 Å². The van der Waals surface area contributed by atoms with Crippen LogP contribution in [-0.4, -0.2) is 28.6 Å². The van der Waals surface area contributed by atoms with Gasteiger partial charge in [-0.05, 0) is 35.4 Å². The lowest BCUT2D eigenvalue weighted by Gasteiger charge is -2.38. The third-order valence-corrected chi connectivity index (χ3v) is 9.28. The summed E-state index contributed by atoms with van der Waals surface area (Å²) in [5, 5.41) is 1.05. The minimum Gasteiger partial charge on any atom is -0.352 e. The highest BCUT2D eigenvalue weighted by molar-refractivity contribution is 6.10. The summed E-state index contributed by atoms with van der Waals surface area (Å²) >= 11 is 0. The first-order chi connectivity index (χ1) is 22.2. The van der Waals surface area contributed by atoms with Gasteiger partial charge in [0, 0.05) is 33.7 Å². The smallest absolute Gasteiger partial charge is 0.185 e. The Morgan fingerprint density at radius 3 is 1.91 bits per heavy atom. The number of fused-ring (bicyclic) bond motifs is 4. The number of carbonyl (C=O) groups is 2. The van der Waals surface area contributed by atoms with Crippen molar-refractivity contribution >= 4 is 39.8 Å². The quantitative estimate of drug-likeness (QED) is 0.185. The summed E-state index contributed by atoms with van der Waals surface area (Å²) in [7, 11) is 0. The van der Waals surface area contributed by atoms with Crippen LogP contribution in [0.3, 0.4) is 0 Å². The minimum absolute atomic E-state index is 0.000313. The molecule has 8 rings (SSSR count). The minimum atomic E-state index is -0.622. The van der Waals surface area contributed by atoms with Crippen LogP contribution in [0.1, 0.15) is 43.5 Å². The molecule has 0 N–H and O–H groups in total. The highest BCUT2D eigenvalue weighted by Crippen LogP contribution is 2.54. The number of aromatic nitrogens is 1. The number of pyridine rings is 1. The lowest BCUT2D eigenvalue weighted by atomic mass is 9.74. The number of rotatable bonds is 6. The van der Waals surface area contributed by atoms with Gasteiger partial charge in [0.25, 0.3) is 0 Å². The Hall–Kier alpha value is -5.61. The zero-order valence-corrected chi connectivity index (χ0v) is 24.5. The monoisotopic (exact) mass is 582 g/mol. The predicted octanol–water partition coefficient (Wildman–Crippen LogP) is 8.51. The Balaban J connectivity index is 1.41. The van der Waals surface area contributed by atoms with Gasteiger partial charge in [0.05, 0.1) is 23.2 Å². The van der Waals surface area contributed by atoms with Crippen LogP contribution in [0.4, 0.5) is 5.69 Å². The molecule has 0 saturated carbocycles. The van der Waals surface area contributed by atoms with Gasteiger partial charge in [-0.15, -0.1) is 0 Å². The van der Waals surface area contributed by atoms with Crippen LogP contribution in [0.25, 0.3) is 22.6 Å². The third-order valence-electron chi connectivity index (χ3n) is 9.28. The van der Waals surface area contributed by atoms with Crippen LogP contribution >= 0.6 is 0 Å². The van der Waals surface area contributed by atoms with Gasteiger partial charge < -0.3 is 4.90 Å².